The fourth-order valence-corrected chi connectivity index (χ4v) is 4.07. The zero-order valence-corrected chi connectivity index (χ0v) is 12.3. The van der Waals surface area contributed by atoms with Gasteiger partial charge in [0, 0.05) is 29.4 Å². The van der Waals surface area contributed by atoms with Gasteiger partial charge in [0.1, 0.15) is 0 Å². The minimum absolute atomic E-state index is 0.435. The number of pyridine rings is 1. The minimum Gasteiger partial charge on any atom is -0.312 e. The first-order valence-electron chi connectivity index (χ1n) is 7.00. The van der Waals surface area contributed by atoms with Crippen LogP contribution in [-0.2, 0) is 0 Å². The van der Waals surface area contributed by atoms with Crippen LogP contribution in [0.25, 0.3) is 0 Å². The Balaban J connectivity index is 1.88. The van der Waals surface area contributed by atoms with E-state index in [4.69, 9.17) is 0 Å². The fourth-order valence-electron chi connectivity index (χ4n) is 2.58. The Morgan fingerprint density at radius 1 is 1.33 bits per heavy atom. The van der Waals surface area contributed by atoms with Crippen LogP contribution in [0.1, 0.15) is 49.3 Å². The highest BCUT2D eigenvalue weighted by atomic mass is 32.2. The zero-order chi connectivity index (χ0) is 12.8. The number of nitrogens with one attached hydrogen (secondary N) is 1. The van der Waals surface area contributed by atoms with Gasteiger partial charge in [-0.25, -0.2) is 0 Å². The lowest BCUT2D eigenvalue weighted by Crippen LogP contribution is -2.21. The van der Waals surface area contributed by atoms with Crippen LogP contribution in [0.15, 0.2) is 18.5 Å². The van der Waals surface area contributed by atoms with E-state index in [-0.39, 0.29) is 0 Å². The van der Waals surface area contributed by atoms with Crippen molar-refractivity contribution < 1.29 is 0 Å². The lowest BCUT2D eigenvalue weighted by Gasteiger charge is -2.24. The molecule has 0 aliphatic heterocycles. The highest BCUT2D eigenvalue weighted by Crippen LogP contribution is 2.30. The van der Waals surface area contributed by atoms with Crippen molar-refractivity contribution in [3.05, 3.63) is 29.6 Å². The largest absolute Gasteiger partial charge is 0.312 e. The molecule has 2 nitrogen and oxygen atoms in total. The van der Waals surface area contributed by atoms with Crippen LogP contribution in [0.3, 0.4) is 0 Å². The molecule has 0 spiro atoms. The zero-order valence-electron chi connectivity index (χ0n) is 11.5. The summed E-state index contributed by atoms with van der Waals surface area (Å²) in [6.07, 6.45) is 11.0. The molecule has 1 N–H and O–H groups in total. The predicted molar refractivity (Wildman–Crippen MR) is 80.1 cm³/mol. The number of thioether (sulfide) groups is 1. The molecule has 0 saturated heterocycles. The number of hydrogen-bond acceptors (Lipinski definition) is 3. The third-order valence-electron chi connectivity index (χ3n) is 3.70. The average molecular weight is 264 g/mol. The Morgan fingerprint density at radius 2 is 2.11 bits per heavy atom. The summed E-state index contributed by atoms with van der Waals surface area (Å²) in [6.45, 7) is 2.11. The molecule has 1 saturated carbocycles. The quantitative estimate of drug-likeness (QED) is 0.877. The van der Waals surface area contributed by atoms with Gasteiger partial charge in [0.15, 0.2) is 0 Å². The van der Waals surface area contributed by atoms with Crippen LogP contribution in [-0.4, -0.2) is 23.0 Å². The van der Waals surface area contributed by atoms with Crippen LogP contribution >= 0.6 is 11.8 Å². The number of rotatable bonds is 5. The minimum atomic E-state index is 0.435. The van der Waals surface area contributed by atoms with Gasteiger partial charge in [0.05, 0.1) is 0 Å². The molecule has 3 heteroatoms. The van der Waals surface area contributed by atoms with Gasteiger partial charge in [0.25, 0.3) is 0 Å². The van der Waals surface area contributed by atoms with E-state index >= 15 is 0 Å². The van der Waals surface area contributed by atoms with Crippen molar-refractivity contribution in [2.24, 2.45) is 0 Å². The Bertz CT molecular complexity index is 361. The van der Waals surface area contributed by atoms with Gasteiger partial charge < -0.3 is 5.32 Å². The third kappa shape index (κ3) is 3.99. The third-order valence-corrected chi connectivity index (χ3v) is 5.17. The second-order valence-electron chi connectivity index (χ2n) is 5.23. The van der Waals surface area contributed by atoms with Gasteiger partial charge in [-0.05, 0) is 37.9 Å². The van der Waals surface area contributed by atoms with Gasteiger partial charge in [-0.3, -0.25) is 4.98 Å². The Hall–Kier alpha value is -0.540. The molecule has 100 valence electrons. The molecular formula is C15H24N2S. The summed E-state index contributed by atoms with van der Waals surface area (Å²) in [4.78, 5) is 4.30. The molecule has 1 aliphatic carbocycles. The first-order valence-corrected chi connectivity index (χ1v) is 8.05. The molecule has 0 bridgehead atoms. The van der Waals surface area contributed by atoms with E-state index in [0.29, 0.717) is 6.04 Å². The maximum atomic E-state index is 4.30. The first kappa shape index (κ1) is 13.9. The monoisotopic (exact) mass is 264 g/mol. The summed E-state index contributed by atoms with van der Waals surface area (Å²) in [5.41, 5.74) is 2.57. The van der Waals surface area contributed by atoms with Gasteiger partial charge in [-0.15, -0.1) is 0 Å². The van der Waals surface area contributed by atoms with Crippen molar-refractivity contribution in [2.45, 2.75) is 50.3 Å². The summed E-state index contributed by atoms with van der Waals surface area (Å²) < 4.78 is 0. The van der Waals surface area contributed by atoms with Crippen molar-refractivity contribution in [1.29, 1.82) is 0 Å². The molecule has 0 aromatic carbocycles. The molecule has 0 radical (unpaired) electrons. The van der Waals surface area contributed by atoms with Crippen LogP contribution in [0.4, 0.5) is 0 Å². The Kier molecular flexibility index (Phi) is 5.51. The van der Waals surface area contributed by atoms with Crippen LogP contribution in [0.2, 0.25) is 0 Å². The molecule has 1 atom stereocenters. The second-order valence-corrected chi connectivity index (χ2v) is 6.56. The highest BCUT2D eigenvalue weighted by molar-refractivity contribution is 7.99. The Morgan fingerprint density at radius 3 is 2.78 bits per heavy atom. The van der Waals surface area contributed by atoms with Crippen molar-refractivity contribution in [2.75, 3.05) is 12.8 Å². The normalized spacial score (nSPS) is 18.8. The van der Waals surface area contributed by atoms with Crippen molar-refractivity contribution in [3.63, 3.8) is 0 Å². The van der Waals surface area contributed by atoms with Gasteiger partial charge >= 0.3 is 0 Å². The maximum absolute atomic E-state index is 4.30. The van der Waals surface area contributed by atoms with Crippen LogP contribution in [0, 0.1) is 6.92 Å². The lowest BCUT2D eigenvalue weighted by molar-refractivity contribution is 0.514. The van der Waals surface area contributed by atoms with E-state index in [1.807, 2.05) is 12.4 Å². The molecule has 1 aromatic heterocycles. The molecule has 1 fully saturated rings. The highest BCUT2D eigenvalue weighted by Gasteiger charge is 2.17. The summed E-state index contributed by atoms with van der Waals surface area (Å²) in [6, 6.07) is 2.68. The predicted octanol–water partition coefficient (Wildman–Crippen LogP) is 3.72. The molecule has 1 aliphatic rings. The number of aromatic nitrogens is 1. The maximum Gasteiger partial charge on any atom is 0.0424 e. The van der Waals surface area contributed by atoms with E-state index in [1.54, 1.807) is 0 Å². The average Bonchev–Trinajstić information content (AvgIpc) is 2.41. The van der Waals surface area contributed by atoms with E-state index < -0.39 is 0 Å². The Labute approximate surface area is 115 Å². The summed E-state index contributed by atoms with van der Waals surface area (Å²) in [5, 5.41) is 4.31. The van der Waals surface area contributed by atoms with Crippen molar-refractivity contribution in [1.82, 2.24) is 10.3 Å². The molecule has 18 heavy (non-hydrogen) atoms. The molecule has 2 rings (SSSR count). The van der Waals surface area contributed by atoms with Crippen molar-refractivity contribution >= 4 is 11.8 Å². The molecule has 1 heterocycles. The standard InChI is InChI=1S/C15H24N2S/c1-12-8-13(10-17-9-12)15(16-2)11-18-14-6-4-3-5-7-14/h8-10,14-16H,3-7,11H2,1-2H3. The van der Waals surface area contributed by atoms with Gasteiger partial charge in [0.2, 0.25) is 0 Å². The molecule has 1 aromatic rings. The van der Waals surface area contributed by atoms with E-state index in [0.717, 1.165) is 11.0 Å². The van der Waals surface area contributed by atoms with Crippen molar-refractivity contribution in [3.8, 4) is 0 Å². The summed E-state index contributed by atoms with van der Waals surface area (Å²) in [7, 11) is 2.05. The van der Waals surface area contributed by atoms with Gasteiger partial charge in [-0.1, -0.05) is 25.3 Å². The molecule has 1 unspecified atom stereocenters. The van der Waals surface area contributed by atoms with E-state index in [9.17, 15) is 0 Å². The van der Waals surface area contributed by atoms with Crippen LogP contribution in [0.5, 0.6) is 0 Å². The number of aryl methyl sites for hydroxylation is 1. The first-order chi connectivity index (χ1) is 8.79. The SMILES string of the molecule is CNC(CSC1CCCCC1)c1cncc(C)c1. The smallest absolute Gasteiger partial charge is 0.0424 e. The molecule has 0 amide bonds. The lowest BCUT2D eigenvalue weighted by atomic mass is 10.0. The summed E-state index contributed by atoms with van der Waals surface area (Å²) >= 11 is 2.14. The summed E-state index contributed by atoms with van der Waals surface area (Å²) in [5.74, 6) is 1.16. The fraction of sp³-hybridized carbons (Fsp3) is 0.667. The molecular weight excluding hydrogens is 240 g/mol. The van der Waals surface area contributed by atoms with Gasteiger partial charge in [-0.2, -0.15) is 11.8 Å². The van der Waals surface area contributed by atoms with Crippen LogP contribution < -0.4 is 5.32 Å². The number of hydrogen-bond donors (Lipinski definition) is 1. The second kappa shape index (κ2) is 7.15. The van der Waals surface area contributed by atoms with E-state index in [1.165, 1.54) is 43.2 Å². The van der Waals surface area contributed by atoms with E-state index in [2.05, 4.69) is 42.1 Å². The topological polar surface area (TPSA) is 24.9 Å². The number of nitrogens with zero attached hydrogens (tertiary/aromatic N) is 1.